The van der Waals surface area contributed by atoms with E-state index in [-0.39, 0.29) is 0 Å². The minimum absolute atomic E-state index is 0.380. The third-order valence-corrected chi connectivity index (χ3v) is 1.96. The van der Waals surface area contributed by atoms with Crippen molar-refractivity contribution in [2.45, 2.75) is 6.92 Å². The van der Waals surface area contributed by atoms with E-state index in [1.54, 1.807) is 6.20 Å². The summed E-state index contributed by atoms with van der Waals surface area (Å²) in [6.45, 7) is 1.90. The summed E-state index contributed by atoms with van der Waals surface area (Å²) in [4.78, 5) is 4.50. The lowest BCUT2D eigenvalue weighted by molar-refractivity contribution is 0.539. The first-order chi connectivity index (χ1) is 6.27. The molecule has 2 aromatic heterocycles. The van der Waals surface area contributed by atoms with E-state index >= 15 is 0 Å². The largest absolute Gasteiger partial charge is 0.411 e. The van der Waals surface area contributed by atoms with E-state index in [2.05, 4.69) is 31.1 Å². The fraction of sp³-hybridized carbons (Fsp3) is 0.125. The standard InChI is InChI=1S/C8H6BrN3O/c1-5-6(3-2-4-10-5)7-11-12-8(9)13-7/h2-4H,1H3. The van der Waals surface area contributed by atoms with Gasteiger partial charge in [-0.05, 0) is 19.1 Å². The van der Waals surface area contributed by atoms with Crippen LogP contribution in [0.3, 0.4) is 0 Å². The van der Waals surface area contributed by atoms with Gasteiger partial charge in [0.2, 0.25) is 0 Å². The predicted molar refractivity (Wildman–Crippen MR) is 50.0 cm³/mol. The fourth-order valence-corrected chi connectivity index (χ4v) is 1.26. The van der Waals surface area contributed by atoms with Gasteiger partial charge in [-0.3, -0.25) is 4.98 Å². The van der Waals surface area contributed by atoms with Gasteiger partial charge in [-0.2, -0.15) is 0 Å². The average Bonchev–Trinajstić information content (AvgIpc) is 2.53. The number of pyridine rings is 1. The van der Waals surface area contributed by atoms with Crippen molar-refractivity contribution < 1.29 is 4.42 Å². The molecule has 0 aliphatic rings. The van der Waals surface area contributed by atoms with Gasteiger partial charge in [0.05, 0.1) is 5.56 Å². The van der Waals surface area contributed by atoms with Gasteiger partial charge in [0, 0.05) is 27.8 Å². The van der Waals surface area contributed by atoms with Gasteiger partial charge in [-0.1, -0.05) is 0 Å². The van der Waals surface area contributed by atoms with Crippen LogP contribution in [0.1, 0.15) is 5.69 Å². The third-order valence-electron chi connectivity index (χ3n) is 1.64. The highest BCUT2D eigenvalue weighted by atomic mass is 79.9. The van der Waals surface area contributed by atoms with E-state index < -0.39 is 0 Å². The maximum absolute atomic E-state index is 5.20. The highest BCUT2D eigenvalue weighted by Crippen LogP contribution is 2.21. The molecule has 0 atom stereocenters. The molecule has 4 nitrogen and oxygen atoms in total. The topological polar surface area (TPSA) is 51.8 Å². The lowest BCUT2D eigenvalue weighted by Gasteiger charge is -1.96. The first-order valence-corrected chi connectivity index (χ1v) is 4.47. The number of hydrogen-bond acceptors (Lipinski definition) is 4. The fourth-order valence-electron chi connectivity index (χ4n) is 1.02. The molecule has 0 saturated heterocycles. The molecule has 2 heterocycles. The zero-order valence-corrected chi connectivity index (χ0v) is 8.45. The molecule has 0 bridgehead atoms. The maximum Gasteiger partial charge on any atom is 0.285 e. The van der Waals surface area contributed by atoms with Crippen LogP contribution >= 0.6 is 15.9 Å². The Morgan fingerprint density at radius 2 is 2.23 bits per heavy atom. The summed E-state index contributed by atoms with van der Waals surface area (Å²) in [6.07, 6.45) is 1.73. The molecule has 0 amide bonds. The van der Waals surface area contributed by atoms with E-state index in [4.69, 9.17) is 4.42 Å². The zero-order chi connectivity index (χ0) is 9.26. The van der Waals surface area contributed by atoms with E-state index in [0.29, 0.717) is 10.7 Å². The Morgan fingerprint density at radius 1 is 1.38 bits per heavy atom. The van der Waals surface area contributed by atoms with E-state index in [1.807, 2.05) is 19.1 Å². The first-order valence-electron chi connectivity index (χ1n) is 3.68. The lowest BCUT2D eigenvalue weighted by Crippen LogP contribution is -1.86. The van der Waals surface area contributed by atoms with Crippen molar-refractivity contribution in [2.24, 2.45) is 0 Å². The molecule has 66 valence electrons. The molecule has 5 heteroatoms. The number of aromatic nitrogens is 3. The van der Waals surface area contributed by atoms with Gasteiger partial charge in [0.15, 0.2) is 0 Å². The van der Waals surface area contributed by atoms with Crippen LogP contribution in [-0.2, 0) is 0 Å². The molecule has 0 N–H and O–H groups in total. The van der Waals surface area contributed by atoms with Crippen LogP contribution in [0.25, 0.3) is 11.5 Å². The summed E-state index contributed by atoms with van der Waals surface area (Å²) in [5, 5.41) is 7.55. The van der Waals surface area contributed by atoms with Crippen molar-refractivity contribution in [2.75, 3.05) is 0 Å². The molecule has 0 aliphatic carbocycles. The Bertz CT molecular complexity index is 427. The van der Waals surface area contributed by atoms with Gasteiger partial charge in [0.25, 0.3) is 10.7 Å². The molecule has 2 aromatic rings. The lowest BCUT2D eigenvalue weighted by atomic mass is 10.2. The number of aryl methyl sites for hydroxylation is 1. The second kappa shape index (κ2) is 3.26. The van der Waals surface area contributed by atoms with Crippen molar-refractivity contribution in [3.05, 3.63) is 28.8 Å². The molecule has 0 fully saturated rings. The van der Waals surface area contributed by atoms with E-state index in [9.17, 15) is 0 Å². The Morgan fingerprint density at radius 3 is 2.85 bits per heavy atom. The Kier molecular flexibility index (Phi) is 2.10. The summed E-state index contributed by atoms with van der Waals surface area (Å²) in [7, 11) is 0. The van der Waals surface area contributed by atoms with Crippen LogP contribution in [0.15, 0.2) is 27.5 Å². The number of halogens is 1. The monoisotopic (exact) mass is 239 g/mol. The van der Waals surface area contributed by atoms with Gasteiger partial charge >= 0.3 is 0 Å². The van der Waals surface area contributed by atoms with Crippen LogP contribution in [0.5, 0.6) is 0 Å². The van der Waals surface area contributed by atoms with Crippen molar-refractivity contribution in [1.82, 2.24) is 15.2 Å². The zero-order valence-electron chi connectivity index (χ0n) is 6.86. The smallest absolute Gasteiger partial charge is 0.285 e. The molecular weight excluding hydrogens is 234 g/mol. The van der Waals surface area contributed by atoms with Crippen molar-refractivity contribution >= 4 is 15.9 Å². The van der Waals surface area contributed by atoms with Gasteiger partial charge < -0.3 is 4.42 Å². The average molecular weight is 240 g/mol. The Balaban J connectivity index is 2.52. The van der Waals surface area contributed by atoms with Crippen molar-refractivity contribution in [3.63, 3.8) is 0 Å². The normalized spacial score (nSPS) is 10.3. The minimum atomic E-state index is 0.380. The van der Waals surface area contributed by atoms with Gasteiger partial charge in [-0.25, -0.2) is 0 Å². The molecule has 0 spiro atoms. The molecule has 0 radical (unpaired) electrons. The second-order valence-electron chi connectivity index (χ2n) is 2.50. The van der Waals surface area contributed by atoms with Crippen LogP contribution in [-0.4, -0.2) is 15.2 Å². The molecule has 0 aliphatic heterocycles. The molecule has 0 aromatic carbocycles. The second-order valence-corrected chi connectivity index (χ2v) is 3.17. The molecule has 0 saturated carbocycles. The highest BCUT2D eigenvalue weighted by Gasteiger charge is 2.08. The first kappa shape index (κ1) is 8.37. The summed E-state index contributed by atoms with van der Waals surface area (Å²) < 4.78 is 5.20. The Labute approximate surface area is 83.1 Å². The van der Waals surface area contributed by atoms with Crippen LogP contribution in [0.2, 0.25) is 0 Å². The SMILES string of the molecule is Cc1ncccc1-c1nnc(Br)o1. The van der Waals surface area contributed by atoms with Gasteiger partial charge in [0.1, 0.15) is 0 Å². The predicted octanol–water partition coefficient (Wildman–Crippen LogP) is 2.20. The van der Waals surface area contributed by atoms with Gasteiger partial charge in [-0.15, -0.1) is 10.2 Å². The molecular formula is C8H6BrN3O. The number of nitrogens with zero attached hydrogens (tertiary/aromatic N) is 3. The maximum atomic E-state index is 5.20. The molecule has 13 heavy (non-hydrogen) atoms. The molecule has 2 rings (SSSR count). The van der Waals surface area contributed by atoms with Crippen LogP contribution in [0, 0.1) is 6.92 Å². The minimum Gasteiger partial charge on any atom is -0.411 e. The Hall–Kier alpha value is -1.23. The summed E-state index contributed by atoms with van der Waals surface area (Å²) >= 11 is 3.09. The van der Waals surface area contributed by atoms with E-state index in [1.165, 1.54) is 0 Å². The third kappa shape index (κ3) is 1.60. The van der Waals surface area contributed by atoms with Crippen LogP contribution in [0.4, 0.5) is 0 Å². The summed E-state index contributed by atoms with van der Waals surface area (Å²) in [6, 6.07) is 3.72. The highest BCUT2D eigenvalue weighted by molar-refractivity contribution is 9.10. The number of hydrogen-bond donors (Lipinski definition) is 0. The number of rotatable bonds is 1. The van der Waals surface area contributed by atoms with Crippen molar-refractivity contribution in [1.29, 1.82) is 0 Å². The molecule has 0 unspecified atom stereocenters. The van der Waals surface area contributed by atoms with Crippen LogP contribution < -0.4 is 0 Å². The van der Waals surface area contributed by atoms with E-state index in [0.717, 1.165) is 11.3 Å². The van der Waals surface area contributed by atoms with Crippen molar-refractivity contribution in [3.8, 4) is 11.5 Å². The summed E-state index contributed by atoms with van der Waals surface area (Å²) in [5.74, 6) is 0.484. The summed E-state index contributed by atoms with van der Waals surface area (Å²) in [5.41, 5.74) is 1.74. The quantitative estimate of drug-likeness (QED) is 0.766.